The first-order valence-electron chi connectivity index (χ1n) is 7.60. The molecule has 0 aliphatic heterocycles. The summed E-state index contributed by atoms with van der Waals surface area (Å²) in [5.41, 5.74) is 2.66. The number of thiazole rings is 1. The van der Waals surface area contributed by atoms with Gasteiger partial charge in [-0.2, -0.15) is 4.68 Å². The number of aromatic hydroxyl groups is 1. The Kier molecular flexibility index (Phi) is 4.87. The molecule has 0 saturated heterocycles. The number of rotatable bonds is 5. The lowest BCUT2D eigenvalue weighted by Gasteiger charge is -2.03. The van der Waals surface area contributed by atoms with E-state index in [0.717, 1.165) is 22.0 Å². The Balaban J connectivity index is 1.50. The Hall–Kier alpha value is -2.42. The zero-order valence-electron chi connectivity index (χ0n) is 13.3. The second-order valence-electron chi connectivity index (χ2n) is 5.30. The van der Waals surface area contributed by atoms with Gasteiger partial charge in [0.15, 0.2) is 0 Å². The summed E-state index contributed by atoms with van der Waals surface area (Å²) in [7, 11) is 0. The van der Waals surface area contributed by atoms with Gasteiger partial charge in [-0.3, -0.25) is 0 Å². The molecule has 130 valence electrons. The largest absolute Gasteiger partial charge is 0.508 e. The fourth-order valence-electron chi connectivity index (χ4n) is 2.29. The first-order chi connectivity index (χ1) is 12.7. The van der Waals surface area contributed by atoms with Crippen LogP contribution in [0.15, 0.2) is 59.1 Å². The standard InChI is InChI=1S/C17H12ClN5OS2/c18-15-4-2-1-3-14(15)16-19-11(9-25-16)10-26-17-20-21-22-23(17)12-5-7-13(24)8-6-12/h1-9,24H,10H2. The summed E-state index contributed by atoms with van der Waals surface area (Å²) >= 11 is 9.29. The third-order valence-electron chi connectivity index (χ3n) is 3.54. The minimum absolute atomic E-state index is 0.200. The SMILES string of the molecule is Oc1ccc(-n2nnnc2SCc2csc(-c3ccccc3Cl)n2)cc1. The summed E-state index contributed by atoms with van der Waals surface area (Å²) in [5, 5.41) is 25.5. The van der Waals surface area contributed by atoms with Gasteiger partial charge < -0.3 is 5.11 Å². The van der Waals surface area contributed by atoms with Crippen LogP contribution < -0.4 is 0 Å². The molecule has 4 aromatic rings. The maximum Gasteiger partial charge on any atom is 0.214 e. The molecule has 2 heterocycles. The highest BCUT2D eigenvalue weighted by Gasteiger charge is 2.12. The van der Waals surface area contributed by atoms with Crippen LogP contribution in [0.2, 0.25) is 5.02 Å². The molecule has 4 rings (SSSR count). The number of aromatic nitrogens is 5. The Morgan fingerprint density at radius 3 is 2.73 bits per heavy atom. The zero-order valence-corrected chi connectivity index (χ0v) is 15.7. The molecular formula is C17H12ClN5OS2. The van der Waals surface area contributed by atoms with Gasteiger partial charge in [-0.1, -0.05) is 41.6 Å². The number of halogens is 1. The molecule has 2 aromatic carbocycles. The molecule has 0 aliphatic rings. The molecule has 1 N–H and O–H groups in total. The Morgan fingerprint density at radius 1 is 1.12 bits per heavy atom. The van der Waals surface area contributed by atoms with E-state index in [-0.39, 0.29) is 5.75 Å². The van der Waals surface area contributed by atoms with Crippen molar-refractivity contribution in [2.24, 2.45) is 0 Å². The van der Waals surface area contributed by atoms with Gasteiger partial charge in [-0.15, -0.1) is 16.4 Å². The maximum absolute atomic E-state index is 9.41. The molecule has 0 radical (unpaired) electrons. The molecule has 0 fully saturated rings. The van der Waals surface area contributed by atoms with Crippen molar-refractivity contribution < 1.29 is 5.11 Å². The van der Waals surface area contributed by atoms with Crippen molar-refractivity contribution in [1.29, 1.82) is 0 Å². The number of nitrogens with zero attached hydrogens (tertiary/aromatic N) is 5. The third kappa shape index (κ3) is 3.57. The number of hydrogen-bond donors (Lipinski definition) is 1. The van der Waals surface area contributed by atoms with Crippen LogP contribution in [0.4, 0.5) is 0 Å². The maximum atomic E-state index is 9.41. The van der Waals surface area contributed by atoms with Gasteiger partial charge in [0.1, 0.15) is 10.8 Å². The fraction of sp³-hybridized carbons (Fsp3) is 0.0588. The van der Waals surface area contributed by atoms with Crippen molar-refractivity contribution in [3.8, 4) is 22.0 Å². The third-order valence-corrected chi connectivity index (χ3v) is 5.75. The molecule has 26 heavy (non-hydrogen) atoms. The van der Waals surface area contributed by atoms with Crippen LogP contribution in [0.25, 0.3) is 16.3 Å². The zero-order chi connectivity index (χ0) is 17.9. The van der Waals surface area contributed by atoms with E-state index in [9.17, 15) is 5.11 Å². The van der Waals surface area contributed by atoms with E-state index in [4.69, 9.17) is 11.6 Å². The van der Waals surface area contributed by atoms with Crippen LogP contribution in [-0.2, 0) is 5.75 Å². The van der Waals surface area contributed by atoms with Gasteiger partial charge >= 0.3 is 0 Å². The van der Waals surface area contributed by atoms with Crippen molar-refractivity contribution >= 4 is 34.7 Å². The number of benzene rings is 2. The van der Waals surface area contributed by atoms with E-state index in [2.05, 4.69) is 20.5 Å². The fourth-order valence-corrected chi connectivity index (χ4v) is 4.32. The summed E-state index contributed by atoms with van der Waals surface area (Å²) in [4.78, 5) is 4.66. The lowest BCUT2D eigenvalue weighted by Crippen LogP contribution is -1.98. The van der Waals surface area contributed by atoms with Gasteiger partial charge in [0, 0.05) is 16.7 Å². The molecule has 9 heteroatoms. The van der Waals surface area contributed by atoms with Gasteiger partial charge in [-0.05, 0) is 40.8 Å². The monoisotopic (exact) mass is 401 g/mol. The van der Waals surface area contributed by atoms with E-state index in [1.165, 1.54) is 11.8 Å². The number of thioether (sulfide) groups is 1. The molecular weight excluding hydrogens is 390 g/mol. The average molecular weight is 402 g/mol. The highest BCUT2D eigenvalue weighted by Crippen LogP contribution is 2.31. The molecule has 0 amide bonds. The van der Waals surface area contributed by atoms with Crippen molar-refractivity contribution in [1.82, 2.24) is 25.2 Å². The van der Waals surface area contributed by atoms with Crippen LogP contribution in [0.1, 0.15) is 5.69 Å². The number of tetrazole rings is 1. The summed E-state index contributed by atoms with van der Waals surface area (Å²) in [6, 6.07) is 14.4. The molecule has 0 atom stereocenters. The molecule has 0 aliphatic carbocycles. The van der Waals surface area contributed by atoms with E-state index in [0.29, 0.717) is 15.9 Å². The van der Waals surface area contributed by atoms with Crippen LogP contribution in [0, 0.1) is 0 Å². The van der Waals surface area contributed by atoms with E-state index < -0.39 is 0 Å². The van der Waals surface area contributed by atoms with Gasteiger partial charge in [0.05, 0.1) is 16.4 Å². The van der Waals surface area contributed by atoms with Crippen LogP contribution in [0.3, 0.4) is 0 Å². The summed E-state index contributed by atoms with van der Waals surface area (Å²) in [6.45, 7) is 0. The second-order valence-corrected chi connectivity index (χ2v) is 7.51. The van der Waals surface area contributed by atoms with Gasteiger partial charge in [-0.25, -0.2) is 4.98 Å². The average Bonchev–Trinajstić information content (AvgIpc) is 3.30. The predicted octanol–water partition coefficient (Wildman–Crippen LogP) is 4.44. The normalized spacial score (nSPS) is 11.0. The van der Waals surface area contributed by atoms with Crippen LogP contribution in [-0.4, -0.2) is 30.3 Å². The first-order valence-corrected chi connectivity index (χ1v) is 9.85. The Morgan fingerprint density at radius 2 is 1.92 bits per heavy atom. The number of phenolic OH excluding ortho intramolecular Hbond substituents is 1. The lowest BCUT2D eigenvalue weighted by molar-refractivity contribution is 0.475. The lowest BCUT2D eigenvalue weighted by atomic mass is 10.2. The van der Waals surface area contributed by atoms with Crippen molar-refractivity contribution in [2.45, 2.75) is 10.9 Å². The Bertz CT molecular complexity index is 1030. The first kappa shape index (κ1) is 17.0. The second kappa shape index (κ2) is 7.45. The predicted molar refractivity (Wildman–Crippen MR) is 103 cm³/mol. The summed E-state index contributed by atoms with van der Waals surface area (Å²) in [6.07, 6.45) is 0. The van der Waals surface area contributed by atoms with Crippen LogP contribution >= 0.6 is 34.7 Å². The molecule has 0 spiro atoms. The quantitative estimate of drug-likeness (QED) is 0.498. The summed E-state index contributed by atoms with van der Waals surface area (Å²) in [5.74, 6) is 0.838. The van der Waals surface area contributed by atoms with E-state index in [1.807, 2.05) is 29.6 Å². The molecule has 2 aromatic heterocycles. The summed E-state index contributed by atoms with van der Waals surface area (Å²) < 4.78 is 1.63. The van der Waals surface area contributed by atoms with Gasteiger partial charge in [0.2, 0.25) is 5.16 Å². The highest BCUT2D eigenvalue weighted by atomic mass is 35.5. The minimum atomic E-state index is 0.200. The van der Waals surface area contributed by atoms with Gasteiger partial charge in [0.25, 0.3) is 0 Å². The van der Waals surface area contributed by atoms with Crippen molar-refractivity contribution in [2.75, 3.05) is 0 Å². The molecule has 0 unspecified atom stereocenters. The Labute approximate surface area is 162 Å². The van der Waals surface area contributed by atoms with Crippen molar-refractivity contribution in [3.05, 3.63) is 64.6 Å². The molecule has 6 nitrogen and oxygen atoms in total. The smallest absolute Gasteiger partial charge is 0.214 e. The van der Waals surface area contributed by atoms with Crippen molar-refractivity contribution in [3.63, 3.8) is 0 Å². The molecule has 0 bridgehead atoms. The number of hydrogen-bond acceptors (Lipinski definition) is 7. The highest BCUT2D eigenvalue weighted by molar-refractivity contribution is 7.98. The van der Waals surface area contributed by atoms with Crippen LogP contribution in [0.5, 0.6) is 5.75 Å². The minimum Gasteiger partial charge on any atom is -0.508 e. The van der Waals surface area contributed by atoms with E-state index in [1.54, 1.807) is 40.3 Å². The topological polar surface area (TPSA) is 76.7 Å². The number of phenols is 1. The molecule has 0 saturated carbocycles. The van der Waals surface area contributed by atoms with E-state index >= 15 is 0 Å².